The molecule has 132 valence electrons. The lowest BCUT2D eigenvalue weighted by molar-refractivity contribution is -0.121. The number of fused-ring (bicyclic) bond motifs is 2. The van der Waals surface area contributed by atoms with E-state index in [0.29, 0.717) is 12.3 Å². The molecule has 1 aromatic carbocycles. The smallest absolute Gasteiger partial charge is 0.220 e. The molecule has 2 heterocycles. The van der Waals surface area contributed by atoms with Gasteiger partial charge in [0.05, 0.1) is 12.8 Å². The Labute approximate surface area is 149 Å². The van der Waals surface area contributed by atoms with Crippen LogP contribution in [0.2, 0.25) is 0 Å². The summed E-state index contributed by atoms with van der Waals surface area (Å²) in [6.45, 7) is 3.07. The van der Waals surface area contributed by atoms with Gasteiger partial charge in [-0.05, 0) is 66.9 Å². The Morgan fingerprint density at radius 2 is 2.04 bits per heavy atom. The highest BCUT2D eigenvalue weighted by atomic mass is 16.3. The van der Waals surface area contributed by atoms with Gasteiger partial charge in [0.15, 0.2) is 0 Å². The minimum absolute atomic E-state index is 0.145. The van der Waals surface area contributed by atoms with Crippen LogP contribution in [0.4, 0.5) is 0 Å². The van der Waals surface area contributed by atoms with Crippen LogP contribution in [0.25, 0.3) is 0 Å². The average Bonchev–Trinajstić information content (AvgIpc) is 3.25. The van der Waals surface area contributed by atoms with Crippen molar-refractivity contribution in [2.45, 2.75) is 43.6 Å². The van der Waals surface area contributed by atoms with Gasteiger partial charge in [0, 0.05) is 13.5 Å². The number of nitrogens with zero attached hydrogens (tertiary/aromatic N) is 1. The maximum Gasteiger partial charge on any atom is 0.220 e. The molecule has 2 aromatic rings. The third-order valence-electron chi connectivity index (χ3n) is 6.09. The molecule has 0 bridgehead atoms. The maximum atomic E-state index is 11.9. The largest absolute Gasteiger partial charge is 0.468 e. The molecule has 1 atom stereocenters. The highest BCUT2D eigenvalue weighted by Crippen LogP contribution is 2.52. The van der Waals surface area contributed by atoms with Crippen molar-refractivity contribution >= 4 is 5.91 Å². The molecule has 1 saturated heterocycles. The van der Waals surface area contributed by atoms with Gasteiger partial charge in [0.2, 0.25) is 5.91 Å². The van der Waals surface area contributed by atoms with E-state index in [9.17, 15) is 4.79 Å². The maximum absolute atomic E-state index is 11.9. The van der Waals surface area contributed by atoms with E-state index in [4.69, 9.17) is 4.42 Å². The molecule has 1 aliphatic carbocycles. The van der Waals surface area contributed by atoms with Crippen LogP contribution >= 0.6 is 0 Å². The molecule has 4 nitrogen and oxygen atoms in total. The number of carbonyl (C=O) groups excluding carboxylic acids is 1. The second kappa shape index (κ2) is 6.68. The number of likely N-dealkylation sites (tertiary alicyclic amines) is 1. The van der Waals surface area contributed by atoms with E-state index in [0.717, 1.165) is 44.7 Å². The van der Waals surface area contributed by atoms with Gasteiger partial charge in [-0.3, -0.25) is 9.69 Å². The summed E-state index contributed by atoms with van der Waals surface area (Å²) in [5.41, 5.74) is 3.13. The third kappa shape index (κ3) is 3.11. The molecule has 0 saturated carbocycles. The predicted octanol–water partition coefficient (Wildman–Crippen LogP) is 3.44. The normalized spacial score (nSPS) is 22.0. The lowest BCUT2D eigenvalue weighted by Crippen LogP contribution is -2.41. The van der Waals surface area contributed by atoms with E-state index < -0.39 is 0 Å². The molecule has 1 amide bonds. The van der Waals surface area contributed by atoms with E-state index in [1.54, 1.807) is 13.3 Å². The van der Waals surface area contributed by atoms with Crippen molar-refractivity contribution in [3.05, 3.63) is 59.5 Å². The van der Waals surface area contributed by atoms with Crippen molar-refractivity contribution in [2.24, 2.45) is 0 Å². The van der Waals surface area contributed by atoms with E-state index in [2.05, 4.69) is 40.5 Å². The van der Waals surface area contributed by atoms with Gasteiger partial charge in [-0.15, -0.1) is 0 Å². The van der Waals surface area contributed by atoms with Crippen LogP contribution in [0.1, 0.15) is 48.5 Å². The molecule has 1 fully saturated rings. The minimum Gasteiger partial charge on any atom is -0.468 e. The number of carbonyl (C=O) groups is 1. The zero-order chi connectivity index (χ0) is 17.3. The van der Waals surface area contributed by atoms with Gasteiger partial charge >= 0.3 is 0 Å². The lowest BCUT2D eigenvalue weighted by Gasteiger charge is -2.40. The molecule has 1 N–H and O–H groups in total. The summed E-state index contributed by atoms with van der Waals surface area (Å²) in [4.78, 5) is 14.4. The second-order valence-corrected chi connectivity index (χ2v) is 7.50. The van der Waals surface area contributed by atoms with Crippen LogP contribution in [0.5, 0.6) is 0 Å². The molecule has 1 spiro atoms. The van der Waals surface area contributed by atoms with Crippen LogP contribution in [0.15, 0.2) is 47.1 Å². The van der Waals surface area contributed by atoms with Crippen LogP contribution in [0, 0.1) is 0 Å². The first-order valence-corrected chi connectivity index (χ1v) is 9.25. The summed E-state index contributed by atoms with van der Waals surface area (Å²) in [7, 11) is 1.73. The average molecular weight is 338 g/mol. The number of hydrogen-bond donors (Lipinski definition) is 1. The fraction of sp³-hybridized carbons (Fsp3) is 0.476. The number of hydrogen-bond acceptors (Lipinski definition) is 3. The molecule has 1 aliphatic heterocycles. The van der Waals surface area contributed by atoms with Crippen LogP contribution < -0.4 is 5.32 Å². The Kier molecular flexibility index (Phi) is 4.38. The zero-order valence-corrected chi connectivity index (χ0v) is 14.8. The van der Waals surface area contributed by atoms with Crippen molar-refractivity contribution in [3.8, 4) is 0 Å². The number of benzene rings is 1. The van der Waals surface area contributed by atoms with Crippen molar-refractivity contribution in [2.75, 3.05) is 20.1 Å². The minimum atomic E-state index is 0.145. The fourth-order valence-corrected chi connectivity index (χ4v) is 4.77. The van der Waals surface area contributed by atoms with Crippen LogP contribution in [-0.4, -0.2) is 30.9 Å². The van der Waals surface area contributed by atoms with Crippen molar-refractivity contribution in [3.63, 3.8) is 0 Å². The number of rotatable bonds is 4. The topological polar surface area (TPSA) is 45.5 Å². The summed E-state index contributed by atoms with van der Waals surface area (Å²) in [6.07, 6.45) is 5.78. The summed E-state index contributed by atoms with van der Waals surface area (Å²) in [5.74, 6) is 1.54. The van der Waals surface area contributed by atoms with Gasteiger partial charge < -0.3 is 9.73 Å². The van der Waals surface area contributed by atoms with Crippen molar-refractivity contribution in [1.82, 2.24) is 10.2 Å². The monoisotopic (exact) mass is 338 g/mol. The SMILES string of the molecule is CNC(=O)CC1CC2(CCN(Cc3ccco3)CC2)c2ccccc21. The highest BCUT2D eigenvalue weighted by molar-refractivity contribution is 5.77. The number of nitrogens with one attached hydrogen (secondary N) is 1. The predicted molar refractivity (Wildman–Crippen MR) is 97.4 cm³/mol. The van der Waals surface area contributed by atoms with Gasteiger partial charge in [-0.1, -0.05) is 24.3 Å². The van der Waals surface area contributed by atoms with E-state index in [-0.39, 0.29) is 11.3 Å². The van der Waals surface area contributed by atoms with Crippen LogP contribution in [0.3, 0.4) is 0 Å². The molecule has 1 unspecified atom stereocenters. The second-order valence-electron chi connectivity index (χ2n) is 7.50. The summed E-state index contributed by atoms with van der Waals surface area (Å²) < 4.78 is 5.50. The van der Waals surface area contributed by atoms with Crippen molar-refractivity contribution in [1.29, 1.82) is 0 Å². The molecular weight excluding hydrogens is 312 g/mol. The Balaban J connectivity index is 1.50. The Hall–Kier alpha value is -2.07. The van der Waals surface area contributed by atoms with Gasteiger partial charge in [0.1, 0.15) is 5.76 Å². The van der Waals surface area contributed by atoms with E-state index in [1.165, 1.54) is 11.1 Å². The van der Waals surface area contributed by atoms with Crippen LogP contribution in [-0.2, 0) is 16.8 Å². The molecule has 1 aromatic heterocycles. The summed E-state index contributed by atoms with van der Waals surface area (Å²) in [5, 5.41) is 2.79. The summed E-state index contributed by atoms with van der Waals surface area (Å²) in [6, 6.07) is 12.8. The summed E-state index contributed by atoms with van der Waals surface area (Å²) >= 11 is 0. The van der Waals surface area contributed by atoms with Crippen molar-refractivity contribution < 1.29 is 9.21 Å². The Bertz CT molecular complexity index is 730. The quantitative estimate of drug-likeness (QED) is 0.929. The fourth-order valence-electron chi connectivity index (χ4n) is 4.77. The Morgan fingerprint density at radius 3 is 2.76 bits per heavy atom. The molecule has 25 heavy (non-hydrogen) atoms. The molecule has 0 radical (unpaired) electrons. The first-order chi connectivity index (χ1) is 12.2. The Morgan fingerprint density at radius 1 is 1.24 bits per heavy atom. The first kappa shape index (κ1) is 16.4. The number of piperidine rings is 1. The molecule has 4 rings (SSSR count). The third-order valence-corrected chi connectivity index (χ3v) is 6.09. The van der Waals surface area contributed by atoms with Gasteiger partial charge in [0.25, 0.3) is 0 Å². The zero-order valence-electron chi connectivity index (χ0n) is 14.8. The van der Waals surface area contributed by atoms with E-state index >= 15 is 0 Å². The van der Waals surface area contributed by atoms with Gasteiger partial charge in [-0.2, -0.15) is 0 Å². The molecule has 4 heteroatoms. The molecule has 2 aliphatic rings. The molecular formula is C21H26N2O2. The lowest BCUT2D eigenvalue weighted by atomic mass is 9.73. The number of furan rings is 1. The van der Waals surface area contributed by atoms with Gasteiger partial charge in [-0.25, -0.2) is 0 Å². The standard InChI is InChI=1S/C21H26N2O2/c1-22-20(24)13-16-14-21(19-7-3-2-6-18(16)19)8-10-23(11-9-21)15-17-5-4-12-25-17/h2-7,12,16H,8-11,13-15H2,1H3,(H,22,24). The first-order valence-electron chi connectivity index (χ1n) is 9.25. The van der Waals surface area contributed by atoms with E-state index in [1.807, 2.05) is 6.07 Å². The highest BCUT2D eigenvalue weighted by Gasteiger charge is 2.45. The number of amides is 1.